The van der Waals surface area contributed by atoms with Crippen molar-refractivity contribution < 1.29 is 9.47 Å². The van der Waals surface area contributed by atoms with Crippen LogP contribution in [0, 0.1) is 29.1 Å². The van der Waals surface area contributed by atoms with Crippen molar-refractivity contribution in [2.24, 2.45) is 29.1 Å². The quantitative estimate of drug-likeness (QED) is 0.612. The van der Waals surface area contributed by atoms with Gasteiger partial charge in [0.15, 0.2) is 0 Å². The SMILES string of the molecule is C=C1C[C@]23COCCOC2CC[C@H]3[C@@H]2CC=C3CCCC[C@@H]3[C@@H]12. The van der Waals surface area contributed by atoms with E-state index in [4.69, 9.17) is 9.47 Å². The van der Waals surface area contributed by atoms with Crippen LogP contribution in [0.4, 0.5) is 0 Å². The summed E-state index contributed by atoms with van der Waals surface area (Å²) in [5.41, 5.74) is 3.55. The van der Waals surface area contributed by atoms with Gasteiger partial charge in [-0.2, -0.15) is 0 Å². The summed E-state index contributed by atoms with van der Waals surface area (Å²) >= 11 is 0. The molecule has 6 atom stereocenters. The first-order valence-corrected chi connectivity index (χ1v) is 9.85. The van der Waals surface area contributed by atoms with E-state index < -0.39 is 0 Å². The molecule has 1 heterocycles. The number of hydrogen-bond donors (Lipinski definition) is 0. The van der Waals surface area contributed by atoms with Gasteiger partial charge in [-0.15, -0.1) is 0 Å². The highest BCUT2D eigenvalue weighted by molar-refractivity contribution is 5.28. The van der Waals surface area contributed by atoms with E-state index in [1.807, 2.05) is 0 Å². The maximum Gasteiger partial charge on any atom is 0.0704 e. The highest BCUT2D eigenvalue weighted by atomic mass is 16.5. The molecule has 1 saturated heterocycles. The molecule has 0 aromatic heterocycles. The molecule has 0 N–H and O–H groups in total. The van der Waals surface area contributed by atoms with Crippen molar-refractivity contribution >= 4 is 0 Å². The topological polar surface area (TPSA) is 18.5 Å². The molecule has 0 amide bonds. The van der Waals surface area contributed by atoms with Crippen molar-refractivity contribution in [3.8, 4) is 0 Å². The maximum absolute atomic E-state index is 6.24. The van der Waals surface area contributed by atoms with Gasteiger partial charge in [-0.1, -0.05) is 30.2 Å². The Bertz CT molecular complexity index is 536. The normalized spacial score (nSPS) is 49.3. The smallest absolute Gasteiger partial charge is 0.0704 e. The van der Waals surface area contributed by atoms with Crippen LogP contribution < -0.4 is 0 Å². The van der Waals surface area contributed by atoms with Crippen LogP contribution >= 0.6 is 0 Å². The predicted molar refractivity (Wildman–Crippen MR) is 91.1 cm³/mol. The van der Waals surface area contributed by atoms with Crippen molar-refractivity contribution in [2.75, 3.05) is 19.8 Å². The third-order valence-corrected chi connectivity index (χ3v) is 7.84. The van der Waals surface area contributed by atoms with Gasteiger partial charge in [-0.3, -0.25) is 0 Å². The molecule has 0 aromatic carbocycles. The van der Waals surface area contributed by atoms with Gasteiger partial charge in [0.05, 0.1) is 25.9 Å². The molecule has 5 aliphatic rings. The average molecular weight is 314 g/mol. The Morgan fingerprint density at radius 2 is 2.09 bits per heavy atom. The highest BCUT2D eigenvalue weighted by Gasteiger charge is 2.60. The number of fused-ring (bicyclic) bond motifs is 4. The Balaban J connectivity index is 1.52. The Labute approximate surface area is 140 Å². The summed E-state index contributed by atoms with van der Waals surface area (Å²) < 4.78 is 12.3. The average Bonchev–Trinajstić information content (AvgIpc) is 2.81. The van der Waals surface area contributed by atoms with E-state index >= 15 is 0 Å². The van der Waals surface area contributed by atoms with Crippen LogP contribution in [0.1, 0.15) is 51.4 Å². The van der Waals surface area contributed by atoms with Gasteiger partial charge in [0.2, 0.25) is 0 Å². The maximum atomic E-state index is 6.24. The lowest BCUT2D eigenvalue weighted by Crippen LogP contribution is -2.51. The minimum atomic E-state index is 0.245. The van der Waals surface area contributed by atoms with Gasteiger partial charge < -0.3 is 9.47 Å². The summed E-state index contributed by atoms with van der Waals surface area (Å²) in [4.78, 5) is 0. The number of ether oxygens (including phenoxy) is 2. The lowest BCUT2D eigenvalue weighted by Gasteiger charge is -2.54. The summed E-state index contributed by atoms with van der Waals surface area (Å²) in [5, 5.41) is 0. The zero-order valence-electron chi connectivity index (χ0n) is 14.3. The molecule has 2 nitrogen and oxygen atoms in total. The molecule has 23 heavy (non-hydrogen) atoms. The molecular formula is C21H30O2. The third kappa shape index (κ3) is 2.07. The highest BCUT2D eigenvalue weighted by Crippen LogP contribution is 2.63. The van der Waals surface area contributed by atoms with E-state index in [1.165, 1.54) is 50.5 Å². The summed E-state index contributed by atoms with van der Waals surface area (Å²) in [6.45, 7) is 7.10. The van der Waals surface area contributed by atoms with Gasteiger partial charge >= 0.3 is 0 Å². The molecule has 2 heteroatoms. The second-order valence-electron chi connectivity index (χ2n) is 8.72. The van der Waals surface area contributed by atoms with Crippen LogP contribution in [-0.4, -0.2) is 25.9 Å². The van der Waals surface area contributed by atoms with Crippen molar-refractivity contribution in [1.29, 1.82) is 0 Å². The Hall–Kier alpha value is -0.600. The largest absolute Gasteiger partial charge is 0.378 e. The van der Waals surface area contributed by atoms with Crippen LogP contribution in [0.3, 0.4) is 0 Å². The molecule has 5 rings (SSSR count). The molecule has 4 fully saturated rings. The first-order valence-electron chi connectivity index (χ1n) is 9.85. The van der Waals surface area contributed by atoms with E-state index in [-0.39, 0.29) is 5.41 Å². The van der Waals surface area contributed by atoms with Crippen molar-refractivity contribution in [3.05, 3.63) is 23.8 Å². The minimum Gasteiger partial charge on any atom is -0.378 e. The van der Waals surface area contributed by atoms with E-state index in [0.717, 1.165) is 49.9 Å². The Morgan fingerprint density at radius 1 is 1.13 bits per heavy atom. The monoisotopic (exact) mass is 314 g/mol. The fourth-order valence-corrected chi connectivity index (χ4v) is 7.04. The molecule has 1 unspecified atom stereocenters. The summed E-state index contributed by atoms with van der Waals surface area (Å²) in [5.74, 6) is 3.17. The van der Waals surface area contributed by atoms with Crippen LogP contribution in [-0.2, 0) is 9.47 Å². The zero-order valence-corrected chi connectivity index (χ0v) is 14.3. The van der Waals surface area contributed by atoms with Gasteiger partial charge in [0, 0.05) is 5.41 Å². The lowest BCUT2D eigenvalue weighted by molar-refractivity contribution is -0.0685. The first-order chi connectivity index (χ1) is 11.3. The van der Waals surface area contributed by atoms with E-state index in [1.54, 1.807) is 5.57 Å². The second-order valence-corrected chi connectivity index (χ2v) is 8.72. The summed E-state index contributed by atoms with van der Waals surface area (Å²) in [7, 11) is 0. The number of allylic oxidation sites excluding steroid dienone is 3. The van der Waals surface area contributed by atoms with Gasteiger partial charge in [-0.05, 0) is 68.6 Å². The third-order valence-electron chi connectivity index (χ3n) is 7.84. The predicted octanol–water partition coefficient (Wildman–Crippen LogP) is 4.51. The van der Waals surface area contributed by atoms with Gasteiger partial charge in [-0.25, -0.2) is 0 Å². The number of rotatable bonds is 0. The molecule has 126 valence electrons. The molecule has 1 aliphatic heterocycles. The van der Waals surface area contributed by atoms with E-state index in [0.29, 0.717) is 6.10 Å². The molecular weight excluding hydrogens is 284 g/mol. The fraction of sp³-hybridized carbons (Fsp3) is 0.810. The van der Waals surface area contributed by atoms with Crippen molar-refractivity contribution in [1.82, 2.24) is 0 Å². The van der Waals surface area contributed by atoms with E-state index in [2.05, 4.69) is 12.7 Å². The molecule has 3 saturated carbocycles. The Morgan fingerprint density at radius 3 is 3.04 bits per heavy atom. The molecule has 0 radical (unpaired) electrons. The van der Waals surface area contributed by atoms with Crippen LogP contribution in [0.15, 0.2) is 23.8 Å². The molecule has 0 bridgehead atoms. The Kier molecular flexibility index (Phi) is 3.49. The van der Waals surface area contributed by atoms with Crippen LogP contribution in [0.25, 0.3) is 0 Å². The van der Waals surface area contributed by atoms with Crippen molar-refractivity contribution in [3.63, 3.8) is 0 Å². The molecule has 0 aromatic rings. The van der Waals surface area contributed by atoms with E-state index in [9.17, 15) is 0 Å². The van der Waals surface area contributed by atoms with Crippen LogP contribution in [0.5, 0.6) is 0 Å². The lowest BCUT2D eigenvalue weighted by atomic mass is 9.51. The fourth-order valence-electron chi connectivity index (χ4n) is 7.04. The van der Waals surface area contributed by atoms with Crippen molar-refractivity contribution in [2.45, 2.75) is 57.5 Å². The zero-order chi connectivity index (χ0) is 15.4. The van der Waals surface area contributed by atoms with Gasteiger partial charge in [0.1, 0.15) is 0 Å². The summed E-state index contributed by atoms with van der Waals surface area (Å²) in [6.07, 6.45) is 13.7. The second kappa shape index (κ2) is 5.46. The minimum absolute atomic E-state index is 0.245. The molecule has 4 aliphatic carbocycles. The van der Waals surface area contributed by atoms with Crippen LogP contribution in [0.2, 0.25) is 0 Å². The summed E-state index contributed by atoms with van der Waals surface area (Å²) in [6, 6.07) is 0. The standard InChI is InChI=1S/C21H30O2/c1-14-12-21-13-22-10-11-23-19(21)9-8-18(21)17-7-6-15-4-2-3-5-16(15)20(14)17/h6,16-20H,1-5,7-13H2/t16-,17-,18-,19?,20+,21+/m0/s1. The molecule has 1 spiro atoms. The number of hydrogen-bond acceptors (Lipinski definition) is 2. The first kappa shape index (κ1) is 14.7. The van der Waals surface area contributed by atoms with Gasteiger partial charge in [0.25, 0.3) is 0 Å².